The van der Waals surface area contributed by atoms with E-state index in [9.17, 15) is 4.79 Å². The van der Waals surface area contributed by atoms with Crippen molar-refractivity contribution < 1.29 is 9.90 Å². The summed E-state index contributed by atoms with van der Waals surface area (Å²) in [6, 6.07) is 0. The second kappa shape index (κ2) is 3.38. The third-order valence-electron chi connectivity index (χ3n) is 1.01. The van der Waals surface area contributed by atoms with Crippen molar-refractivity contribution in [2.24, 2.45) is 0 Å². The van der Waals surface area contributed by atoms with Gasteiger partial charge < -0.3 is 5.11 Å². The Bertz CT molecular complexity index is 260. The van der Waals surface area contributed by atoms with Crippen molar-refractivity contribution in [3.05, 3.63) is 12.6 Å². The highest BCUT2D eigenvalue weighted by Crippen LogP contribution is 2.10. The van der Waals surface area contributed by atoms with Gasteiger partial charge in [-0.1, -0.05) is 11.8 Å². The van der Waals surface area contributed by atoms with E-state index in [4.69, 9.17) is 5.11 Å². The number of carboxylic acid groups (broad SMARTS) is 1. The summed E-state index contributed by atoms with van der Waals surface area (Å²) in [5.41, 5.74) is 0. The molecule has 6 heteroatoms. The second-order valence-electron chi connectivity index (χ2n) is 1.78. The summed E-state index contributed by atoms with van der Waals surface area (Å²) in [5, 5.41) is 16.1. The van der Waals surface area contributed by atoms with Crippen molar-refractivity contribution in [3.8, 4) is 0 Å². The van der Waals surface area contributed by atoms with Crippen LogP contribution in [0.3, 0.4) is 0 Å². The molecule has 11 heavy (non-hydrogen) atoms. The largest absolute Gasteiger partial charge is 0.480 e. The first-order valence-electron chi connectivity index (χ1n) is 2.75. The van der Waals surface area contributed by atoms with Gasteiger partial charge in [0.25, 0.3) is 0 Å². The molecule has 0 saturated heterocycles. The number of hydrogen-bond donors (Lipinski definition) is 1. The van der Waals surface area contributed by atoms with Gasteiger partial charge in [-0.2, -0.15) is 0 Å². The highest BCUT2D eigenvalue weighted by atomic mass is 32.2. The Labute approximate surface area is 67.4 Å². The summed E-state index contributed by atoms with van der Waals surface area (Å²) in [6.07, 6.45) is 4.86. The summed E-state index contributed by atoms with van der Waals surface area (Å²) in [5.74, 6) is -0.917. The standard InChI is InChI=1S/C5H6N3O2S/c1-11-5-7-6-3-8(5)2-4(9)10/h3H,1-2H2,(H,9,10). The highest BCUT2D eigenvalue weighted by molar-refractivity contribution is 8.00. The predicted molar refractivity (Wildman–Crippen MR) is 38.9 cm³/mol. The molecule has 1 N–H and O–H groups in total. The lowest BCUT2D eigenvalue weighted by Gasteiger charge is -1.97. The van der Waals surface area contributed by atoms with Crippen LogP contribution in [0.4, 0.5) is 0 Å². The van der Waals surface area contributed by atoms with Gasteiger partial charge in [-0.3, -0.25) is 9.36 Å². The van der Waals surface area contributed by atoms with Crippen molar-refractivity contribution >= 4 is 17.7 Å². The van der Waals surface area contributed by atoms with E-state index in [1.807, 2.05) is 0 Å². The Morgan fingerprint density at radius 2 is 2.64 bits per heavy atom. The predicted octanol–water partition coefficient (Wildman–Crippen LogP) is 0.246. The van der Waals surface area contributed by atoms with Crippen LogP contribution in [0.5, 0.6) is 0 Å². The van der Waals surface area contributed by atoms with E-state index in [0.29, 0.717) is 5.16 Å². The highest BCUT2D eigenvalue weighted by Gasteiger charge is 2.04. The molecular formula is C5H6N3O2S. The average Bonchev–Trinajstić information content (AvgIpc) is 2.34. The summed E-state index contributed by atoms with van der Waals surface area (Å²) in [7, 11) is 0. The summed E-state index contributed by atoms with van der Waals surface area (Å²) < 4.78 is 1.42. The zero-order valence-electron chi connectivity index (χ0n) is 5.60. The van der Waals surface area contributed by atoms with Crippen molar-refractivity contribution in [2.75, 3.05) is 0 Å². The van der Waals surface area contributed by atoms with Crippen molar-refractivity contribution in [1.82, 2.24) is 14.8 Å². The van der Waals surface area contributed by atoms with Gasteiger partial charge in [0, 0.05) is 6.26 Å². The van der Waals surface area contributed by atoms with Gasteiger partial charge in [0.1, 0.15) is 12.9 Å². The Balaban J connectivity index is 2.76. The minimum atomic E-state index is -0.917. The molecule has 0 aliphatic rings. The van der Waals surface area contributed by atoms with Gasteiger partial charge in [-0.15, -0.1) is 10.2 Å². The molecule has 0 aliphatic carbocycles. The third kappa shape index (κ3) is 1.94. The minimum absolute atomic E-state index is 0.120. The number of nitrogens with zero attached hydrogens (tertiary/aromatic N) is 3. The molecular weight excluding hydrogens is 166 g/mol. The first-order valence-corrected chi connectivity index (χ1v) is 3.74. The molecule has 1 radical (unpaired) electrons. The molecule has 1 heterocycles. The zero-order chi connectivity index (χ0) is 8.27. The van der Waals surface area contributed by atoms with Gasteiger partial charge in [0.2, 0.25) is 0 Å². The molecule has 0 unspecified atom stereocenters. The molecule has 1 rings (SSSR count). The van der Waals surface area contributed by atoms with Gasteiger partial charge in [0.15, 0.2) is 5.16 Å². The summed E-state index contributed by atoms with van der Waals surface area (Å²) in [6.45, 7) is -0.120. The van der Waals surface area contributed by atoms with Gasteiger partial charge in [0.05, 0.1) is 0 Å². The maximum Gasteiger partial charge on any atom is 0.323 e. The lowest BCUT2D eigenvalue weighted by atomic mass is 10.6. The third-order valence-corrected chi connectivity index (χ3v) is 1.59. The average molecular weight is 172 g/mol. The molecule has 1 aromatic rings. The first-order chi connectivity index (χ1) is 5.24. The lowest BCUT2D eigenvalue weighted by molar-refractivity contribution is -0.137. The van der Waals surface area contributed by atoms with E-state index in [1.54, 1.807) is 0 Å². The van der Waals surface area contributed by atoms with E-state index in [2.05, 4.69) is 16.5 Å². The van der Waals surface area contributed by atoms with Crippen LogP contribution in [0.25, 0.3) is 0 Å². The normalized spacial score (nSPS) is 9.91. The van der Waals surface area contributed by atoms with Gasteiger partial charge >= 0.3 is 5.97 Å². The monoisotopic (exact) mass is 172 g/mol. The van der Waals surface area contributed by atoms with E-state index >= 15 is 0 Å². The fourth-order valence-corrected chi connectivity index (χ4v) is 0.993. The fraction of sp³-hybridized carbons (Fsp3) is 0.200. The lowest BCUT2D eigenvalue weighted by Crippen LogP contribution is -2.08. The summed E-state index contributed by atoms with van der Waals surface area (Å²) >= 11 is 1.12. The molecule has 0 amide bonds. The molecule has 59 valence electrons. The molecule has 0 saturated carbocycles. The fourth-order valence-electron chi connectivity index (χ4n) is 0.610. The van der Waals surface area contributed by atoms with E-state index in [1.165, 1.54) is 10.9 Å². The van der Waals surface area contributed by atoms with Gasteiger partial charge in [-0.25, -0.2) is 0 Å². The number of hydrogen-bond acceptors (Lipinski definition) is 4. The van der Waals surface area contributed by atoms with Crippen LogP contribution < -0.4 is 0 Å². The Hall–Kier alpha value is -1.04. The Kier molecular flexibility index (Phi) is 2.48. The number of aromatic nitrogens is 3. The number of rotatable bonds is 3. The first kappa shape index (κ1) is 8.06. The van der Waals surface area contributed by atoms with Crippen LogP contribution in [0.15, 0.2) is 11.5 Å². The second-order valence-corrected chi connectivity index (χ2v) is 2.43. The molecule has 0 aromatic carbocycles. The SMILES string of the molecule is [CH2]Sc1nncn1CC(=O)O. The van der Waals surface area contributed by atoms with Crippen LogP contribution in [-0.4, -0.2) is 25.8 Å². The molecule has 1 aromatic heterocycles. The van der Waals surface area contributed by atoms with E-state index in [-0.39, 0.29) is 6.54 Å². The topological polar surface area (TPSA) is 68.0 Å². The molecule has 0 atom stereocenters. The number of aliphatic carboxylic acids is 1. The number of thioether (sulfide) groups is 1. The maximum absolute atomic E-state index is 10.2. The quantitative estimate of drug-likeness (QED) is 0.662. The minimum Gasteiger partial charge on any atom is -0.480 e. The van der Waals surface area contributed by atoms with Crippen LogP contribution in [0.2, 0.25) is 0 Å². The van der Waals surface area contributed by atoms with Crippen molar-refractivity contribution in [1.29, 1.82) is 0 Å². The van der Waals surface area contributed by atoms with Crippen LogP contribution in [0, 0.1) is 6.26 Å². The zero-order valence-corrected chi connectivity index (χ0v) is 6.41. The molecule has 0 bridgehead atoms. The molecule has 0 aliphatic heterocycles. The van der Waals surface area contributed by atoms with Crippen LogP contribution in [0.1, 0.15) is 0 Å². The van der Waals surface area contributed by atoms with E-state index in [0.717, 1.165) is 11.8 Å². The smallest absolute Gasteiger partial charge is 0.323 e. The molecule has 5 nitrogen and oxygen atoms in total. The van der Waals surface area contributed by atoms with Crippen molar-refractivity contribution in [3.63, 3.8) is 0 Å². The molecule has 0 spiro atoms. The van der Waals surface area contributed by atoms with Crippen molar-refractivity contribution in [2.45, 2.75) is 11.7 Å². The number of carboxylic acids is 1. The van der Waals surface area contributed by atoms with Crippen LogP contribution >= 0.6 is 11.8 Å². The summed E-state index contributed by atoms with van der Waals surface area (Å²) in [4.78, 5) is 10.2. The number of carbonyl (C=O) groups is 1. The van der Waals surface area contributed by atoms with E-state index < -0.39 is 5.97 Å². The Morgan fingerprint density at radius 3 is 3.18 bits per heavy atom. The Morgan fingerprint density at radius 1 is 1.91 bits per heavy atom. The molecule has 0 fully saturated rings. The maximum atomic E-state index is 10.2. The van der Waals surface area contributed by atoms with Crippen LogP contribution in [-0.2, 0) is 11.3 Å². The van der Waals surface area contributed by atoms with Gasteiger partial charge in [-0.05, 0) is 0 Å².